The summed E-state index contributed by atoms with van der Waals surface area (Å²) in [4.78, 5) is 27.1. The molecule has 11 heteroatoms. The molecule has 0 saturated carbocycles. The predicted octanol–water partition coefficient (Wildman–Crippen LogP) is 7.41. The Morgan fingerprint density at radius 1 is 0.935 bits per heavy atom. The first-order valence-corrected chi connectivity index (χ1v) is 15.4. The Morgan fingerprint density at radius 3 is 2.28 bits per heavy atom. The molecule has 6 rings (SSSR count). The Bertz CT molecular complexity index is 1740. The lowest BCUT2D eigenvalue weighted by molar-refractivity contribution is -0.286. The van der Waals surface area contributed by atoms with Gasteiger partial charge in [-0.2, -0.15) is 5.10 Å². The quantitative estimate of drug-likeness (QED) is 0.184. The van der Waals surface area contributed by atoms with E-state index in [-0.39, 0.29) is 34.2 Å². The van der Waals surface area contributed by atoms with Gasteiger partial charge in [0.2, 0.25) is 0 Å². The van der Waals surface area contributed by atoms with Gasteiger partial charge in [0.25, 0.3) is 0 Å². The molecule has 1 unspecified atom stereocenters. The van der Waals surface area contributed by atoms with Crippen molar-refractivity contribution in [2.24, 2.45) is 5.92 Å². The number of halogens is 2. The topological polar surface area (TPSA) is 107 Å². The number of ether oxygens (including phenoxy) is 2. The summed E-state index contributed by atoms with van der Waals surface area (Å²) < 4.78 is 38.1. The summed E-state index contributed by atoms with van der Waals surface area (Å²) >= 11 is 0. The Morgan fingerprint density at radius 2 is 1.61 bits per heavy atom. The number of alkyl halides is 2. The highest BCUT2D eigenvalue weighted by atomic mass is 19.3. The van der Waals surface area contributed by atoms with Crippen molar-refractivity contribution in [3.8, 4) is 17.2 Å². The second kappa shape index (κ2) is 12.2. The van der Waals surface area contributed by atoms with Gasteiger partial charge in [-0.25, -0.2) is 9.48 Å². The Balaban J connectivity index is 1.21. The molecule has 1 saturated heterocycles. The second-order valence-corrected chi connectivity index (χ2v) is 12.9. The van der Waals surface area contributed by atoms with Crippen molar-refractivity contribution in [1.29, 1.82) is 0 Å². The number of nitrogens with zero attached hydrogens (tertiary/aromatic N) is 2. The van der Waals surface area contributed by atoms with E-state index in [0.717, 1.165) is 48.4 Å². The summed E-state index contributed by atoms with van der Waals surface area (Å²) in [5.74, 6) is -0.395. The highest BCUT2D eigenvalue weighted by Gasteiger charge is 2.44. The zero-order valence-corrected chi connectivity index (χ0v) is 26.2. The fourth-order valence-electron chi connectivity index (χ4n) is 5.87. The third-order valence-electron chi connectivity index (χ3n) is 8.35. The van der Waals surface area contributed by atoms with E-state index in [1.165, 1.54) is 18.2 Å². The van der Waals surface area contributed by atoms with Crippen LogP contribution in [-0.4, -0.2) is 41.0 Å². The summed E-state index contributed by atoms with van der Waals surface area (Å²) in [7, 11) is 0. The first-order chi connectivity index (χ1) is 21.9. The van der Waals surface area contributed by atoms with Crippen LogP contribution in [0.5, 0.6) is 11.5 Å². The zero-order chi connectivity index (χ0) is 32.6. The van der Waals surface area contributed by atoms with Gasteiger partial charge in [0.1, 0.15) is 5.82 Å². The van der Waals surface area contributed by atoms with Gasteiger partial charge in [0.15, 0.2) is 17.3 Å². The molecule has 1 fully saturated rings. The zero-order valence-electron chi connectivity index (χ0n) is 26.2. The average molecular weight is 630 g/mol. The van der Waals surface area contributed by atoms with E-state index in [0.29, 0.717) is 11.5 Å². The highest BCUT2D eigenvalue weighted by Crippen LogP contribution is 2.43. The number of piperidine rings is 1. The molecule has 2 aliphatic rings. The molecule has 240 valence electrons. The SMILES string of the molecule is Cc1ccc(-n2nc(C(C)(C)C)cc2NC(=O)Nc2ccc(C(C(=O)c3ccc4c(c3)OC(F)(F)O4)C3CCNCC3)cc2)cc1. The number of carbonyl (C=O) groups is 2. The third kappa shape index (κ3) is 6.74. The van der Waals surface area contributed by atoms with E-state index in [9.17, 15) is 18.4 Å². The van der Waals surface area contributed by atoms with Crippen molar-refractivity contribution in [3.63, 3.8) is 0 Å². The van der Waals surface area contributed by atoms with Crippen molar-refractivity contribution in [3.05, 3.63) is 95.2 Å². The van der Waals surface area contributed by atoms with Gasteiger partial charge >= 0.3 is 12.3 Å². The van der Waals surface area contributed by atoms with Gasteiger partial charge < -0.3 is 20.1 Å². The molecule has 3 N–H and O–H groups in total. The number of hydrogen-bond donors (Lipinski definition) is 3. The fraction of sp³-hybridized carbons (Fsp3) is 0.343. The number of fused-ring (bicyclic) bond motifs is 1. The number of amides is 2. The number of benzene rings is 3. The number of carbonyl (C=O) groups excluding carboxylic acids is 2. The lowest BCUT2D eigenvalue weighted by atomic mass is 9.76. The number of rotatable bonds is 7. The minimum Gasteiger partial charge on any atom is -0.395 e. The first kappa shape index (κ1) is 31.2. The van der Waals surface area contributed by atoms with E-state index >= 15 is 0 Å². The Hall–Kier alpha value is -4.77. The van der Waals surface area contributed by atoms with Crippen molar-refractivity contribution in [1.82, 2.24) is 15.1 Å². The lowest BCUT2D eigenvalue weighted by Crippen LogP contribution is -2.33. The molecule has 0 radical (unpaired) electrons. The number of ketones is 1. The number of urea groups is 1. The summed E-state index contributed by atoms with van der Waals surface area (Å²) in [6.45, 7) is 9.75. The molecule has 9 nitrogen and oxygen atoms in total. The van der Waals surface area contributed by atoms with E-state index in [2.05, 4.69) is 46.2 Å². The number of Topliss-reactive ketones (excluding diaryl/α,β-unsaturated/α-hetero) is 1. The van der Waals surface area contributed by atoms with Gasteiger partial charge in [-0.05, 0) is 86.8 Å². The van der Waals surface area contributed by atoms with Gasteiger partial charge in [0, 0.05) is 22.7 Å². The molecule has 3 heterocycles. The molecule has 4 aromatic rings. The third-order valence-corrected chi connectivity index (χ3v) is 8.35. The van der Waals surface area contributed by atoms with Crippen LogP contribution >= 0.6 is 0 Å². The Labute approximate surface area is 266 Å². The summed E-state index contributed by atoms with van der Waals surface area (Å²) in [6, 6.07) is 20.6. The van der Waals surface area contributed by atoms with Gasteiger partial charge in [0.05, 0.1) is 17.3 Å². The fourth-order valence-corrected chi connectivity index (χ4v) is 5.87. The maximum atomic E-state index is 13.9. The predicted molar refractivity (Wildman–Crippen MR) is 171 cm³/mol. The normalized spacial score (nSPS) is 16.6. The molecule has 1 atom stereocenters. The van der Waals surface area contributed by atoms with E-state index < -0.39 is 18.2 Å². The molecule has 46 heavy (non-hydrogen) atoms. The highest BCUT2D eigenvalue weighted by molar-refractivity contribution is 6.02. The smallest absolute Gasteiger partial charge is 0.395 e. The minimum atomic E-state index is -3.76. The number of aromatic nitrogens is 2. The molecular formula is C35H37F2N5O4. The summed E-state index contributed by atoms with van der Waals surface area (Å²) in [5, 5.41) is 13.9. The van der Waals surface area contributed by atoms with Crippen LogP contribution in [-0.2, 0) is 5.41 Å². The monoisotopic (exact) mass is 629 g/mol. The van der Waals surface area contributed by atoms with Gasteiger partial charge in [-0.3, -0.25) is 10.1 Å². The van der Waals surface area contributed by atoms with Crippen LogP contribution in [0.2, 0.25) is 0 Å². The van der Waals surface area contributed by atoms with Crippen LogP contribution in [0.4, 0.5) is 25.1 Å². The maximum absolute atomic E-state index is 13.9. The molecule has 2 aliphatic heterocycles. The van der Waals surface area contributed by atoms with Crippen molar-refractivity contribution >= 4 is 23.3 Å². The largest absolute Gasteiger partial charge is 0.586 e. The van der Waals surface area contributed by atoms with Crippen LogP contribution < -0.4 is 25.4 Å². The number of aryl methyl sites for hydroxylation is 1. The molecule has 1 aromatic heterocycles. The molecular weight excluding hydrogens is 592 g/mol. The number of anilines is 2. The Kier molecular flexibility index (Phi) is 8.28. The molecule has 0 spiro atoms. The standard InChI is InChI=1S/C35H37F2N5O4/c1-21-5-12-26(13-6-21)42-30(20-29(41-42)34(2,3)4)40-33(44)39-25-10-7-22(8-11-25)31(23-15-17-38-18-16-23)32(43)24-9-14-27-28(19-24)46-35(36,37)45-27/h5-14,19-20,23,31,38H,15-18H2,1-4H3,(H2,39,40,44). The van der Waals surface area contributed by atoms with Crippen molar-refractivity contribution < 1.29 is 27.8 Å². The van der Waals surface area contributed by atoms with Crippen molar-refractivity contribution in [2.45, 2.75) is 58.2 Å². The van der Waals surface area contributed by atoms with Crippen LogP contribution in [0.25, 0.3) is 5.69 Å². The van der Waals surface area contributed by atoms with Gasteiger partial charge in [-0.15, -0.1) is 8.78 Å². The van der Waals surface area contributed by atoms with E-state index in [4.69, 9.17) is 5.10 Å². The molecule has 2 amide bonds. The van der Waals surface area contributed by atoms with Crippen LogP contribution in [0.15, 0.2) is 72.8 Å². The summed E-state index contributed by atoms with van der Waals surface area (Å²) in [6.07, 6.45) is -2.19. The average Bonchev–Trinajstić information content (AvgIpc) is 3.58. The molecule has 0 aliphatic carbocycles. The van der Waals surface area contributed by atoms with Crippen LogP contribution in [0.1, 0.15) is 66.7 Å². The molecule has 3 aromatic carbocycles. The lowest BCUT2D eigenvalue weighted by Gasteiger charge is -2.30. The number of nitrogens with one attached hydrogen (secondary N) is 3. The van der Waals surface area contributed by atoms with Crippen LogP contribution in [0, 0.1) is 12.8 Å². The van der Waals surface area contributed by atoms with Crippen LogP contribution in [0.3, 0.4) is 0 Å². The van der Waals surface area contributed by atoms with Gasteiger partial charge in [-0.1, -0.05) is 50.6 Å². The maximum Gasteiger partial charge on any atom is 0.586 e. The second-order valence-electron chi connectivity index (χ2n) is 12.9. The van der Waals surface area contributed by atoms with E-state index in [1.54, 1.807) is 16.8 Å². The summed E-state index contributed by atoms with van der Waals surface area (Å²) in [5.41, 5.74) is 4.13. The van der Waals surface area contributed by atoms with Crippen molar-refractivity contribution in [2.75, 3.05) is 23.7 Å². The van der Waals surface area contributed by atoms with E-state index in [1.807, 2.05) is 49.4 Å². The molecule has 0 bridgehead atoms. The number of hydrogen-bond acceptors (Lipinski definition) is 6. The first-order valence-electron chi connectivity index (χ1n) is 15.4. The minimum absolute atomic E-state index is 0.0433.